The lowest BCUT2D eigenvalue weighted by Crippen LogP contribution is -2.22. The van der Waals surface area contributed by atoms with Crippen LogP contribution in [0.15, 0.2) is 73.3 Å². The molecular weight excluding hydrogens is 386 g/mol. The van der Waals surface area contributed by atoms with Crippen molar-refractivity contribution in [2.24, 2.45) is 0 Å². The largest absolute Gasteiger partial charge is 0.368 e. The standard InChI is InChI=1S/C24H23N7/c1-24(2,3)31-21-9-8-16(18-14-26-23(25)27-15-18)13-20(21)29-22(31)17-6-4-7-19(12-17)30-11-5-10-28-30/h4-15H,1-3H3,(H2,25,26,27). The maximum Gasteiger partial charge on any atom is 0.219 e. The molecule has 7 nitrogen and oxygen atoms in total. The summed E-state index contributed by atoms with van der Waals surface area (Å²) in [5.41, 5.74) is 11.4. The third-order valence-corrected chi connectivity index (χ3v) is 5.20. The van der Waals surface area contributed by atoms with Gasteiger partial charge in [-0.25, -0.2) is 19.6 Å². The fourth-order valence-electron chi connectivity index (χ4n) is 3.83. The maximum atomic E-state index is 5.63. The minimum atomic E-state index is -0.155. The van der Waals surface area contributed by atoms with Crippen molar-refractivity contribution in [2.75, 3.05) is 5.73 Å². The predicted octanol–water partition coefficient (Wildman–Crippen LogP) is 4.68. The Bertz CT molecular complexity index is 1360. The first-order valence-electron chi connectivity index (χ1n) is 10.1. The molecule has 7 heteroatoms. The van der Waals surface area contributed by atoms with Crippen LogP contribution in [0.5, 0.6) is 0 Å². The Hall–Kier alpha value is -4.00. The van der Waals surface area contributed by atoms with E-state index in [1.54, 1.807) is 18.6 Å². The minimum absolute atomic E-state index is 0.155. The zero-order chi connectivity index (χ0) is 21.6. The molecule has 0 aliphatic rings. The summed E-state index contributed by atoms with van der Waals surface area (Å²) < 4.78 is 4.14. The van der Waals surface area contributed by atoms with E-state index in [1.165, 1.54) is 0 Å². The molecule has 0 aliphatic heterocycles. The molecule has 0 radical (unpaired) electrons. The van der Waals surface area contributed by atoms with Gasteiger partial charge in [0.2, 0.25) is 5.95 Å². The van der Waals surface area contributed by atoms with Gasteiger partial charge >= 0.3 is 0 Å². The van der Waals surface area contributed by atoms with Crippen LogP contribution in [0.1, 0.15) is 20.8 Å². The Morgan fingerprint density at radius 1 is 0.871 bits per heavy atom. The van der Waals surface area contributed by atoms with Gasteiger partial charge in [0.15, 0.2) is 0 Å². The second-order valence-corrected chi connectivity index (χ2v) is 8.48. The van der Waals surface area contributed by atoms with Crippen molar-refractivity contribution in [1.29, 1.82) is 0 Å². The van der Waals surface area contributed by atoms with E-state index in [-0.39, 0.29) is 11.5 Å². The summed E-state index contributed by atoms with van der Waals surface area (Å²) in [5, 5.41) is 4.36. The van der Waals surface area contributed by atoms with Crippen LogP contribution in [-0.4, -0.2) is 29.3 Å². The molecule has 5 aromatic rings. The average Bonchev–Trinajstić information content (AvgIpc) is 3.42. The van der Waals surface area contributed by atoms with E-state index in [0.717, 1.165) is 39.2 Å². The Morgan fingerprint density at radius 2 is 1.68 bits per heavy atom. The van der Waals surface area contributed by atoms with Crippen LogP contribution in [0.25, 0.3) is 39.2 Å². The summed E-state index contributed by atoms with van der Waals surface area (Å²) in [6.45, 7) is 6.57. The second kappa shape index (κ2) is 7.05. The van der Waals surface area contributed by atoms with E-state index in [9.17, 15) is 0 Å². The Kier molecular flexibility index (Phi) is 4.32. The first-order valence-corrected chi connectivity index (χ1v) is 10.1. The van der Waals surface area contributed by atoms with Crippen molar-refractivity contribution in [3.05, 3.63) is 73.3 Å². The number of hydrogen-bond acceptors (Lipinski definition) is 5. The van der Waals surface area contributed by atoms with Gasteiger partial charge in [0.05, 0.1) is 16.7 Å². The van der Waals surface area contributed by atoms with E-state index < -0.39 is 0 Å². The quantitative estimate of drug-likeness (QED) is 0.467. The molecule has 2 aromatic carbocycles. The molecule has 0 amide bonds. The number of nitrogens with zero attached hydrogens (tertiary/aromatic N) is 6. The molecule has 5 rings (SSSR count). The summed E-state index contributed by atoms with van der Waals surface area (Å²) in [5.74, 6) is 1.18. The molecule has 154 valence electrons. The fraction of sp³-hybridized carbons (Fsp3) is 0.167. The molecular formula is C24H23N7. The third kappa shape index (κ3) is 3.44. The lowest BCUT2D eigenvalue weighted by molar-refractivity contribution is 0.413. The van der Waals surface area contributed by atoms with Gasteiger partial charge in [0.25, 0.3) is 0 Å². The van der Waals surface area contributed by atoms with Gasteiger partial charge in [-0.05, 0) is 56.7 Å². The smallest absolute Gasteiger partial charge is 0.219 e. The van der Waals surface area contributed by atoms with Crippen molar-refractivity contribution in [3.8, 4) is 28.2 Å². The number of benzene rings is 2. The minimum Gasteiger partial charge on any atom is -0.368 e. The Labute approximate surface area is 180 Å². The highest BCUT2D eigenvalue weighted by Crippen LogP contribution is 2.33. The van der Waals surface area contributed by atoms with Crippen molar-refractivity contribution >= 4 is 17.0 Å². The summed E-state index contributed by atoms with van der Waals surface area (Å²) in [4.78, 5) is 13.3. The molecule has 0 spiro atoms. The molecule has 3 aromatic heterocycles. The molecule has 0 aliphatic carbocycles. The normalized spacial score (nSPS) is 11.8. The molecule has 0 saturated heterocycles. The van der Waals surface area contributed by atoms with E-state index in [4.69, 9.17) is 10.7 Å². The summed E-state index contributed by atoms with van der Waals surface area (Å²) in [7, 11) is 0. The van der Waals surface area contributed by atoms with E-state index >= 15 is 0 Å². The number of anilines is 1. The van der Waals surface area contributed by atoms with E-state index in [1.807, 2.05) is 29.1 Å². The first-order chi connectivity index (χ1) is 14.9. The van der Waals surface area contributed by atoms with Crippen LogP contribution < -0.4 is 5.73 Å². The summed E-state index contributed by atoms with van der Waals surface area (Å²) >= 11 is 0. The van der Waals surface area contributed by atoms with Crippen molar-refractivity contribution in [1.82, 2.24) is 29.3 Å². The molecule has 3 heterocycles. The van der Waals surface area contributed by atoms with Crippen LogP contribution in [0.4, 0.5) is 5.95 Å². The number of nitrogen functional groups attached to an aromatic ring is 1. The van der Waals surface area contributed by atoms with E-state index in [0.29, 0.717) is 0 Å². The zero-order valence-corrected chi connectivity index (χ0v) is 17.7. The van der Waals surface area contributed by atoms with Gasteiger partial charge in [0, 0.05) is 41.5 Å². The second-order valence-electron chi connectivity index (χ2n) is 8.48. The number of fused-ring (bicyclic) bond motifs is 1. The van der Waals surface area contributed by atoms with Crippen molar-refractivity contribution in [2.45, 2.75) is 26.3 Å². The third-order valence-electron chi connectivity index (χ3n) is 5.20. The molecule has 31 heavy (non-hydrogen) atoms. The van der Waals surface area contributed by atoms with Crippen LogP contribution >= 0.6 is 0 Å². The Morgan fingerprint density at radius 3 is 2.39 bits per heavy atom. The average molecular weight is 409 g/mol. The van der Waals surface area contributed by atoms with Gasteiger partial charge in [-0.1, -0.05) is 18.2 Å². The van der Waals surface area contributed by atoms with Crippen LogP contribution in [-0.2, 0) is 5.54 Å². The number of rotatable bonds is 3. The molecule has 0 fully saturated rings. The highest BCUT2D eigenvalue weighted by Gasteiger charge is 2.23. The number of nitrogens with two attached hydrogens (primary N) is 1. The SMILES string of the molecule is CC(C)(C)n1c(-c2cccc(-n3cccn3)c2)nc2cc(-c3cnc(N)nc3)ccc21. The lowest BCUT2D eigenvalue weighted by Gasteiger charge is -2.25. The molecule has 0 saturated carbocycles. The van der Waals surface area contributed by atoms with Crippen molar-refractivity contribution in [3.63, 3.8) is 0 Å². The molecule has 2 N–H and O–H groups in total. The fourth-order valence-corrected chi connectivity index (χ4v) is 3.83. The lowest BCUT2D eigenvalue weighted by atomic mass is 10.1. The monoisotopic (exact) mass is 409 g/mol. The number of aromatic nitrogens is 6. The maximum absolute atomic E-state index is 5.63. The number of imidazole rings is 1. The van der Waals surface area contributed by atoms with Crippen LogP contribution in [0.2, 0.25) is 0 Å². The molecule has 0 unspecified atom stereocenters. The van der Waals surface area contributed by atoms with Crippen LogP contribution in [0.3, 0.4) is 0 Å². The van der Waals surface area contributed by atoms with Gasteiger partial charge in [0.1, 0.15) is 5.82 Å². The summed E-state index contributed by atoms with van der Waals surface area (Å²) in [6.07, 6.45) is 7.18. The Balaban J connectivity index is 1.69. The molecule has 0 bridgehead atoms. The van der Waals surface area contributed by atoms with E-state index in [2.05, 4.69) is 70.7 Å². The number of hydrogen-bond donors (Lipinski definition) is 1. The predicted molar refractivity (Wildman–Crippen MR) is 123 cm³/mol. The zero-order valence-electron chi connectivity index (χ0n) is 17.7. The van der Waals surface area contributed by atoms with Crippen LogP contribution in [0, 0.1) is 0 Å². The first kappa shape index (κ1) is 19.0. The van der Waals surface area contributed by atoms with Gasteiger partial charge < -0.3 is 10.3 Å². The highest BCUT2D eigenvalue weighted by atomic mass is 15.3. The topological polar surface area (TPSA) is 87.4 Å². The van der Waals surface area contributed by atoms with Crippen molar-refractivity contribution < 1.29 is 0 Å². The summed E-state index contributed by atoms with van der Waals surface area (Å²) in [6, 6.07) is 16.5. The van der Waals surface area contributed by atoms with Gasteiger partial charge in [-0.2, -0.15) is 5.10 Å². The molecule has 0 atom stereocenters. The highest BCUT2D eigenvalue weighted by molar-refractivity contribution is 5.86. The van der Waals surface area contributed by atoms with Gasteiger partial charge in [-0.3, -0.25) is 0 Å². The van der Waals surface area contributed by atoms with Gasteiger partial charge in [-0.15, -0.1) is 0 Å².